The lowest BCUT2D eigenvalue weighted by Crippen LogP contribution is -2.51. The average Bonchev–Trinajstić information content (AvgIpc) is 3.70. The SMILES string of the molecule is COc1ccc(C(=O)[C@@H]2[C@H](C(=O)c3cccs3)N3c4ccc(C)cc4C(C)=C[C@H]3[C@]23C(=O)Nc2ccccc23)cc1. The smallest absolute Gasteiger partial charge is 0.238 e. The molecule has 4 atom stereocenters. The highest BCUT2D eigenvalue weighted by molar-refractivity contribution is 7.12. The molecule has 4 aromatic rings. The van der Waals surface area contributed by atoms with Gasteiger partial charge in [0.2, 0.25) is 5.91 Å². The summed E-state index contributed by atoms with van der Waals surface area (Å²) in [7, 11) is 1.57. The van der Waals surface area contributed by atoms with Crippen LogP contribution in [-0.4, -0.2) is 36.7 Å². The van der Waals surface area contributed by atoms with Crippen molar-refractivity contribution in [2.75, 3.05) is 17.3 Å². The Kier molecular flexibility index (Phi) is 5.77. The zero-order valence-corrected chi connectivity index (χ0v) is 23.7. The molecule has 41 heavy (non-hydrogen) atoms. The average molecular weight is 561 g/mol. The van der Waals surface area contributed by atoms with Gasteiger partial charge in [0, 0.05) is 22.5 Å². The van der Waals surface area contributed by atoms with E-state index in [9.17, 15) is 14.4 Å². The number of Topliss-reactive ketones (excluding diaryl/α,β-unsaturated/α-hetero) is 2. The molecular formula is C34H28N2O4S. The highest BCUT2D eigenvalue weighted by Crippen LogP contribution is 2.59. The minimum atomic E-state index is -1.32. The van der Waals surface area contributed by atoms with Crippen LogP contribution in [0.15, 0.2) is 90.3 Å². The second-order valence-electron chi connectivity index (χ2n) is 10.9. The summed E-state index contributed by atoms with van der Waals surface area (Å²) in [6, 6.07) is 22.8. The van der Waals surface area contributed by atoms with Crippen molar-refractivity contribution in [1.29, 1.82) is 0 Å². The fourth-order valence-electron chi connectivity index (χ4n) is 7.05. The van der Waals surface area contributed by atoms with Crippen LogP contribution >= 0.6 is 11.3 Å². The van der Waals surface area contributed by atoms with Gasteiger partial charge in [-0.15, -0.1) is 11.3 Å². The van der Waals surface area contributed by atoms with E-state index in [1.165, 1.54) is 11.3 Å². The molecule has 0 unspecified atom stereocenters. The van der Waals surface area contributed by atoms with Crippen LogP contribution in [0.4, 0.5) is 11.4 Å². The number of methoxy groups -OCH3 is 1. The Morgan fingerprint density at radius 3 is 2.46 bits per heavy atom. The zero-order chi connectivity index (χ0) is 28.5. The van der Waals surface area contributed by atoms with Crippen molar-refractivity contribution in [3.63, 3.8) is 0 Å². The second kappa shape index (κ2) is 9.28. The third kappa shape index (κ3) is 3.51. The van der Waals surface area contributed by atoms with Gasteiger partial charge in [-0.3, -0.25) is 14.4 Å². The number of fused-ring (bicyclic) bond motifs is 6. The summed E-state index contributed by atoms with van der Waals surface area (Å²) < 4.78 is 5.33. The number of nitrogens with one attached hydrogen (secondary N) is 1. The molecular weight excluding hydrogens is 532 g/mol. The number of nitrogens with zero attached hydrogens (tertiary/aromatic N) is 1. The number of anilines is 2. The Labute approximate surface area is 242 Å². The van der Waals surface area contributed by atoms with E-state index >= 15 is 0 Å². The lowest BCUT2D eigenvalue weighted by Gasteiger charge is -2.39. The van der Waals surface area contributed by atoms with E-state index in [2.05, 4.69) is 22.4 Å². The number of ketones is 2. The van der Waals surface area contributed by atoms with Gasteiger partial charge in [-0.05, 0) is 78.9 Å². The standard InChI is InChI=1S/C34H28N2O4S/c1-19-10-15-26-23(17-19)20(2)18-28-34(24-7-4-5-8-25(24)35-33(34)39)29(31(37)21-11-13-22(40-3)14-12-21)30(36(26)28)32(38)27-9-6-16-41-27/h4-18,28-30H,1-3H3,(H,35,39)/t28-,29-,30+,34-/m0/s1. The summed E-state index contributed by atoms with van der Waals surface area (Å²) in [6.07, 6.45) is 2.08. The van der Waals surface area contributed by atoms with Crippen LogP contribution in [-0.2, 0) is 10.2 Å². The molecule has 3 aliphatic heterocycles. The van der Waals surface area contributed by atoms with Crippen LogP contribution < -0.4 is 15.0 Å². The number of hydrogen-bond donors (Lipinski definition) is 1. The number of rotatable bonds is 5. The van der Waals surface area contributed by atoms with Crippen molar-refractivity contribution in [2.24, 2.45) is 5.92 Å². The lowest BCUT2D eigenvalue weighted by molar-refractivity contribution is -0.121. The molecule has 3 aromatic carbocycles. The van der Waals surface area contributed by atoms with Crippen molar-refractivity contribution in [2.45, 2.75) is 31.3 Å². The van der Waals surface area contributed by atoms with E-state index in [1.54, 1.807) is 37.4 Å². The van der Waals surface area contributed by atoms with Crippen molar-refractivity contribution < 1.29 is 19.1 Å². The van der Waals surface area contributed by atoms with E-state index in [0.29, 0.717) is 21.9 Å². The number of carbonyl (C=O) groups is 3. The summed E-state index contributed by atoms with van der Waals surface area (Å²) >= 11 is 1.35. The van der Waals surface area contributed by atoms with Crippen LogP contribution in [0.2, 0.25) is 0 Å². The van der Waals surface area contributed by atoms with E-state index in [0.717, 1.165) is 28.0 Å². The Bertz CT molecular complexity index is 1760. The summed E-state index contributed by atoms with van der Waals surface area (Å²) in [5.74, 6) is -1.04. The van der Waals surface area contributed by atoms with Gasteiger partial charge in [-0.2, -0.15) is 0 Å². The number of thiophene rings is 1. The Morgan fingerprint density at radius 1 is 0.951 bits per heavy atom. The molecule has 0 bridgehead atoms. The summed E-state index contributed by atoms with van der Waals surface area (Å²) in [5, 5.41) is 4.95. The molecule has 1 amide bonds. The number of para-hydroxylation sites is 1. The topological polar surface area (TPSA) is 75.7 Å². The molecule has 1 fully saturated rings. The minimum absolute atomic E-state index is 0.162. The van der Waals surface area contributed by atoms with E-state index in [-0.39, 0.29) is 17.5 Å². The number of carbonyl (C=O) groups excluding carboxylic acids is 3. The predicted octanol–water partition coefficient (Wildman–Crippen LogP) is 6.31. The largest absolute Gasteiger partial charge is 0.497 e. The molecule has 1 saturated heterocycles. The summed E-state index contributed by atoms with van der Waals surface area (Å²) in [5.41, 5.74) is 4.50. The molecule has 7 heteroatoms. The second-order valence-corrected chi connectivity index (χ2v) is 11.9. The molecule has 0 saturated carbocycles. The number of ether oxygens (including phenoxy) is 1. The first-order valence-electron chi connectivity index (χ1n) is 13.6. The maximum Gasteiger partial charge on any atom is 0.238 e. The molecule has 204 valence electrons. The number of aryl methyl sites for hydroxylation is 1. The van der Waals surface area contributed by atoms with Gasteiger partial charge in [-0.1, -0.05) is 42.0 Å². The molecule has 1 spiro atoms. The zero-order valence-electron chi connectivity index (χ0n) is 22.9. The van der Waals surface area contributed by atoms with Crippen molar-refractivity contribution in [1.82, 2.24) is 0 Å². The highest BCUT2D eigenvalue weighted by atomic mass is 32.1. The van der Waals surface area contributed by atoms with Gasteiger partial charge in [0.05, 0.1) is 23.9 Å². The van der Waals surface area contributed by atoms with E-state index in [1.807, 2.05) is 61.7 Å². The molecule has 7 rings (SSSR count). The van der Waals surface area contributed by atoms with Gasteiger partial charge >= 0.3 is 0 Å². The van der Waals surface area contributed by atoms with Crippen LogP contribution in [0.5, 0.6) is 5.75 Å². The van der Waals surface area contributed by atoms with Gasteiger partial charge in [0.1, 0.15) is 17.2 Å². The predicted molar refractivity (Wildman–Crippen MR) is 161 cm³/mol. The monoisotopic (exact) mass is 560 g/mol. The fraction of sp³-hybridized carbons (Fsp3) is 0.206. The molecule has 0 radical (unpaired) electrons. The fourth-order valence-corrected chi connectivity index (χ4v) is 7.74. The van der Waals surface area contributed by atoms with Gasteiger partial charge in [0.15, 0.2) is 11.6 Å². The van der Waals surface area contributed by atoms with Gasteiger partial charge in [0.25, 0.3) is 0 Å². The van der Waals surface area contributed by atoms with Gasteiger partial charge < -0.3 is 15.0 Å². The Morgan fingerprint density at radius 2 is 1.73 bits per heavy atom. The molecule has 4 heterocycles. The third-order valence-corrected chi connectivity index (χ3v) is 9.71. The number of benzene rings is 3. The lowest BCUT2D eigenvalue weighted by atomic mass is 9.64. The molecule has 3 aliphatic rings. The summed E-state index contributed by atoms with van der Waals surface area (Å²) in [4.78, 5) is 46.4. The van der Waals surface area contributed by atoms with Crippen molar-refractivity contribution in [3.8, 4) is 5.75 Å². The molecule has 6 nitrogen and oxygen atoms in total. The van der Waals surface area contributed by atoms with Gasteiger partial charge in [-0.25, -0.2) is 0 Å². The highest BCUT2D eigenvalue weighted by Gasteiger charge is 2.70. The Balaban J connectivity index is 1.54. The first kappa shape index (κ1) is 25.5. The van der Waals surface area contributed by atoms with Crippen molar-refractivity contribution in [3.05, 3.63) is 117 Å². The quantitative estimate of drug-likeness (QED) is 0.290. The maximum absolute atomic E-state index is 14.8. The maximum atomic E-state index is 14.8. The molecule has 1 N–H and O–H groups in total. The Hall–Kier alpha value is -4.49. The van der Waals surface area contributed by atoms with Crippen LogP contribution in [0, 0.1) is 12.8 Å². The number of amides is 1. The normalized spacial score (nSPS) is 23.9. The molecule has 0 aliphatic carbocycles. The minimum Gasteiger partial charge on any atom is -0.497 e. The molecule has 1 aromatic heterocycles. The van der Waals surface area contributed by atoms with Crippen molar-refractivity contribution >= 4 is 45.8 Å². The summed E-state index contributed by atoms with van der Waals surface area (Å²) in [6.45, 7) is 4.08. The first-order chi connectivity index (χ1) is 19.9. The number of hydrogen-bond acceptors (Lipinski definition) is 6. The van der Waals surface area contributed by atoms with Crippen LogP contribution in [0.25, 0.3) is 5.57 Å². The van der Waals surface area contributed by atoms with Crippen LogP contribution in [0.3, 0.4) is 0 Å². The first-order valence-corrected chi connectivity index (χ1v) is 14.5. The number of allylic oxidation sites excluding steroid dienone is 1. The third-order valence-electron chi connectivity index (χ3n) is 8.82. The van der Waals surface area contributed by atoms with E-state index < -0.39 is 23.4 Å². The van der Waals surface area contributed by atoms with Crippen LogP contribution in [0.1, 0.15) is 43.6 Å². The van der Waals surface area contributed by atoms with E-state index in [4.69, 9.17) is 4.74 Å².